The number of nitro groups is 1. The van der Waals surface area contributed by atoms with E-state index in [4.69, 9.17) is 10.5 Å². The first-order valence-electron chi connectivity index (χ1n) is 10.0. The van der Waals surface area contributed by atoms with Crippen LogP contribution < -0.4 is 15.8 Å². The number of nitrogen functional groups attached to an aromatic ring is 1. The van der Waals surface area contributed by atoms with Gasteiger partial charge >= 0.3 is 0 Å². The van der Waals surface area contributed by atoms with Gasteiger partial charge in [-0.05, 0) is 30.3 Å². The molecular formula is C23H16FN7O3. The van der Waals surface area contributed by atoms with E-state index in [0.29, 0.717) is 28.5 Å². The van der Waals surface area contributed by atoms with Crippen LogP contribution in [0.5, 0.6) is 11.5 Å². The minimum atomic E-state index is -0.585. The molecule has 10 nitrogen and oxygen atoms in total. The first-order valence-corrected chi connectivity index (χ1v) is 10.0. The van der Waals surface area contributed by atoms with E-state index in [2.05, 4.69) is 25.5 Å². The summed E-state index contributed by atoms with van der Waals surface area (Å²) in [5.41, 5.74) is 7.88. The maximum atomic E-state index is 14.7. The lowest BCUT2D eigenvalue weighted by molar-refractivity contribution is -0.384. The molecule has 0 aliphatic carbocycles. The molecule has 0 fully saturated rings. The molecule has 0 unspecified atom stereocenters. The van der Waals surface area contributed by atoms with Crippen LogP contribution in [0.2, 0.25) is 0 Å². The molecule has 34 heavy (non-hydrogen) atoms. The van der Waals surface area contributed by atoms with Crippen LogP contribution in [-0.2, 0) is 0 Å². The third-order valence-electron chi connectivity index (χ3n) is 4.94. The molecule has 0 atom stereocenters. The molecule has 0 spiro atoms. The standard InChI is InChI=1S/C23H16FN7O3/c24-18-10-15(4-7-21(18)34-17-5-6-19-14(9-17)12-26-30-19)27-22-11-20(28-23(25)29-22)13-2-1-3-16(8-13)31(32)33/h1-12H,(H,26,30)(H3,25,27,28,29). The largest absolute Gasteiger partial charge is 0.454 e. The molecule has 4 N–H and O–H groups in total. The molecule has 0 aliphatic heterocycles. The molecule has 0 saturated carbocycles. The predicted molar refractivity (Wildman–Crippen MR) is 124 cm³/mol. The van der Waals surface area contributed by atoms with Crippen molar-refractivity contribution in [2.24, 2.45) is 0 Å². The fourth-order valence-corrected chi connectivity index (χ4v) is 3.38. The number of ether oxygens (including phenoxy) is 1. The summed E-state index contributed by atoms with van der Waals surface area (Å²) >= 11 is 0. The molecular weight excluding hydrogens is 441 g/mol. The van der Waals surface area contributed by atoms with Gasteiger partial charge in [0.1, 0.15) is 11.6 Å². The summed E-state index contributed by atoms with van der Waals surface area (Å²) in [6, 6.07) is 17.2. The fourth-order valence-electron chi connectivity index (χ4n) is 3.38. The number of halogens is 1. The van der Waals surface area contributed by atoms with Gasteiger partial charge in [-0.15, -0.1) is 0 Å². The number of benzene rings is 3. The summed E-state index contributed by atoms with van der Waals surface area (Å²) in [4.78, 5) is 18.8. The van der Waals surface area contributed by atoms with E-state index in [-0.39, 0.29) is 17.4 Å². The maximum absolute atomic E-state index is 14.7. The third-order valence-corrected chi connectivity index (χ3v) is 4.94. The highest BCUT2D eigenvalue weighted by molar-refractivity contribution is 5.79. The smallest absolute Gasteiger partial charge is 0.270 e. The number of nitro benzene ring substituents is 1. The summed E-state index contributed by atoms with van der Waals surface area (Å²) in [6.07, 6.45) is 1.65. The van der Waals surface area contributed by atoms with Crippen molar-refractivity contribution in [2.45, 2.75) is 0 Å². The summed E-state index contributed by atoms with van der Waals surface area (Å²) in [7, 11) is 0. The third kappa shape index (κ3) is 4.30. The number of nitrogens with two attached hydrogens (primary N) is 1. The van der Waals surface area contributed by atoms with Gasteiger partial charge in [0.05, 0.1) is 22.3 Å². The highest BCUT2D eigenvalue weighted by atomic mass is 19.1. The average Bonchev–Trinajstić information content (AvgIpc) is 3.28. The quantitative estimate of drug-likeness (QED) is 0.233. The number of rotatable bonds is 6. The normalized spacial score (nSPS) is 10.9. The van der Waals surface area contributed by atoms with Gasteiger partial charge < -0.3 is 15.8 Å². The molecule has 2 heterocycles. The summed E-state index contributed by atoms with van der Waals surface area (Å²) < 4.78 is 20.4. The SMILES string of the molecule is Nc1nc(Nc2ccc(Oc3ccc4[nH]ncc4c3)c(F)c2)cc(-c2cccc([N+](=O)[O-])c2)n1. The Kier molecular flexibility index (Phi) is 5.18. The molecule has 0 bridgehead atoms. The lowest BCUT2D eigenvalue weighted by atomic mass is 10.1. The van der Waals surface area contributed by atoms with Gasteiger partial charge in [0.15, 0.2) is 11.6 Å². The molecule has 0 aliphatic rings. The molecule has 5 aromatic rings. The Morgan fingerprint density at radius 1 is 1.06 bits per heavy atom. The monoisotopic (exact) mass is 457 g/mol. The topological polar surface area (TPSA) is 145 Å². The van der Waals surface area contributed by atoms with Crippen LogP contribution in [-0.4, -0.2) is 25.1 Å². The number of hydrogen-bond donors (Lipinski definition) is 3. The van der Waals surface area contributed by atoms with Gasteiger partial charge in [0.25, 0.3) is 5.69 Å². The molecule has 0 radical (unpaired) electrons. The van der Waals surface area contributed by atoms with Gasteiger partial charge in [-0.2, -0.15) is 10.1 Å². The molecule has 5 rings (SSSR count). The zero-order chi connectivity index (χ0) is 23.7. The van der Waals surface area contributed by atoms with Crippen molar-refractivity contribution in [1.82, 2.24) is 20.2 Å². The number of nitrogens with one attached hydrogen (secondary N) is 2. The molecule has 168 valence electrons. The van der Waals surface area contributed by atoms with Crippen molar-refractivity contribution in [3.63, 3.8) is 0 Å². The first kappa shape index (κ1) is 20.8. The zero-order valence-electron chi connectivity index (χ0n) is 17.4. The summed E-state index contributed by atoms with van der Waals surface area (Å²) in [6.45, 7) is 0. The Morgan fingerprint density at radius 3 is 2.76 bits per heavy atom. The number of nitrogens with zero attached hydrogens (tertiary/aromatic N) is 4. The second kappa shape index (κ2) is 8.47. The van der Waals surface area contributed by atoms with Crippen LogP contribution in [0.3, 0.4) is 0 Å². The number of non-ortho nitro benzene ring substituents is 1. The second-order valence-electron chi connectivity index (χ2n) is 7.30. The summed E-state index contributed by atoms with van der Waals surface area (Å²) in [5.74, 6) is 0.193. The van der Waals surface area contributed by atoms with Crippen molar-refractivity contribution in [2.75, 3.05) is 11.1 Å². The molecule has 2 aromatic heterocycles. The van der Waals surface area contributed by atoms with E-state index < -0.39 is 10.7 Å². The Bertz CT molecular complexity index is 1540. The van der Waals surface area contributed by atoms with E-state index in [0.717, 1.165) is 10.9 Å². The van der Waals surface area contributed by atoms with Gasteiger partial charge in [0, 0.05) is 40.9 Å². The van der Waals surface area contributed by atoms with E-state index in [9.17, 15) is 14.5 Å². The lowest BCUT2D eigenvalue weighted by Crippen LogP contribution is -2.02. The van der Waals surface area contributed by atoms with Crippen LogP contribution in [0.15, 0.2) is 72.9 Å². The summed E-state index contributed by atoms with van der Waals surface area (Å²) in [5, 5.41) is 21.7. The number of anilines is 3. The molecule has 11 heteroatoms. The van der Waals surface area contributed by atoms with Crippen LogP contribution in [0, 0.1) is 15.9 Å². The van der Waals surface area contributed by atoms with Crippen LogP contribution in [0.1, 0.15) is 0 Å². The van der Waals surface area contributed by atoms with E-state index >= 15 is 0 Å². The van der Waals surface area contributed by atoms with Crippen molar-refractivity contribution >= 4 is 34.0 Å². The molecule has 3 aromatic carbocycles. The predicted octanol–water partition coefficient (Wildman–Crippen LogP) is 5.19. The number of fused-ring (bicyclic) bond motifs is 1. The van der Waals surface area contributed by atoms with Crippen LogP contribution >= 0.6 is 0 Å². The Hall–Kier alpha value is -5.06. The van der Waals surface area contributed by atoms with Crippen LogP contribution in [0.25, 0.3) is 22.2 Å². The highest BCUT2D eigenvalue weighted by Gasteiger charge is 2.12. The molecule has 0 saturated heterocycles. The Morgan fingerprint density at radius 2 is 1.94 bits per heavy atom. The first-order chi connectivity index (χ1) is 16.4. The highest BCUT2D eigenvalue weighted by Crippen LogP contribution is 2.30. The fraction of sp³-hybridized carbons (Fsp3) is 0. The van der Waals surface area contributed by atoms with Crippen molar-refractivity contribution in [3.05, 3.63) is 88.9 Å². The maximum Gasteiger partial charge on any atom is 0.270 e. The average molecular weight is 457 g/mol. The van der Waals surface area contributed by atoms with Crippen molar-refractivity contribution in [3.8, 4) is 22.8 Å². The Balaban J connectivity index is 1.37. The number of hydrogen-bond acceptors (Lipinski definition) is 8. The number of H-pyrrole nitrogens is 1. The van der Waals surface area contributed by atoms with Gasteiger partial charge in [-0.25, -0.2) is 9.37 Å². The van der Waals surface area contributed by atoms with Crippen LogP contribution in [0.4, 0.5) is 27.5 Å². The van der Waals surface area contributed by atoms with E-state index in [1.807, 2.05) is 0 Å². The van der Waals surface area contributed by atoms with Gasteiger partial charge in [0.2, 0.25) is 5.95 Å². The molecule has 0 amide bonds. The Labute approximate surface area is 191 Å². The lowest BCUT2D eigenvalue weighted by Gasteiger charge is -2.11. The zero-order valence-corrected chi connectivity index (χ0v) is 17.4. The minimum Gasteiger partial charge on any atom is -0.454 e. The number of aromatic nitrogens is 4. The van der Waals surface area contributed by atoms with E-state index in [1.165, 1.54) is 24.3 Å². The number of aromatic amines is 1. The van der Waals surface area contributed by atoms with Crippen molar-refractivity contribution < 1.29 is 14.1 Å². The van der Waals surface area contributed by atoms with Gasteiger partial charge in [-0.3, -0.25) is 15.2 Å². The van der Waals surface area contributed by atoms with E-state index in [1.54, 1.807) is 48.7 Å². The van der Waals surface area contributed by atoms with Gasteiger partial charge in [-0.1, -0.05) is 12.1 Å². The minimum absolute atomic E-state index is 0.0402. The van der Waals surface area contributed by atoms with Crippen molar-refractivity contribution in [1.29, 1.82) is 0 Å². The second-order valence-corrected chi connectivity index (χ2v) is 7.30.